The maximum absolute atomic E-state index is 8.62. The molecule has 0 atom stereocenters. The lowest BCUT2D eigenvalue weighted by atomic mass is 10.4. The standard InChI is InChI=1S/C6H6N2O2/c9-2-4-1-5-6(10-4)8-3-7-5/h1,3,9H,2H2,(H,7,8). The zero-order chi connectivity index (χ0) is 6.97. The quantitative estimate of drug-likeness (QED) is 0.608. The molecule has 2 N–H and O–H groups in total. The van der Waals surface area contributed by atoms with Crippen LogP contribution < -0.4 is 0 Å². The number of aromatic nitrogens is 2. The first-order valence-electron chi connectivity index (χ1n) is 2.93. The first kappa shape index (κ1) is 5.49. The van der Waals surface area contributed by atoms with Gasteiger partial charge < -0.3 is 14.5 Å². The highest BCUT2D eigenvalue weighted by atomic mass is 16.4. The van der Waals surface area contributed by atoms with Gasteiger partial charge in [0, 0.05) is 6.07 Å². The maximum Gasteiger partial charge on any atom is 0.244 e. The number of aliphatic hydroxyl groups is 1. The third-order valence-corrected chi connectivity index (χ3v) is 1.32. The fraction of sp³-hybridized carbons (Fsp3) is 0.167. The van der Waals surface area contributed by atoms with E-state index in [1.807, 2.05) is 0 Å². The molecule has 52 valence electrons. The molecule has 0 bridgehead atoms. The van der Waals surface area contributed by atoms with Gasteiger partial charge in [0.15, 0.2) is 0 Å². The van der Waals surface area contributed by atoms with Gasteiger partial charge in [-0.05, 0) is 0 Å². The number of rotatable bonds is 1. The fourth-order valence-electron chi connectivity index (χ4n) is 0.869. The number of aromatic amines is 1. The first-order valence-corrected chi connectivity index (χ1v) is 2.93. The van der Waals surface area contributed by atoms with Gasteiger partial charge in [-0.1, -0.05) is 0 Å². The molecule has 0 unspecified atom stereocenters. The first-order chi connectivity index (χ1) is 4.90. The smallest absolute Gasteiger partial charge is 0.244 e. The summed E-state index contributed by atoms with van der Waals surface area (Å²) in [7, 11) is 0. The highest BCUT2D eigenvalue weighted by molar-refractivity contribution is 5.68. The molecule has 0 aromatic carbocycles. The molecule has 0 spiro atoms. The van der Waals surface area contributed by atoms with Crippen molar-refractivity contribution < 1.29 is 9.52 Å². The Morgan fingerprint density at radius 1 is 1.70 bits per heavy atom. The van der Waals surface area contributed by atoms with Gasteiger partial charge in [0.05, 0.1) is 6.33 Å². The summed E-state index contributed by atoms with van der Waals surface area (Å²) in [5.41, 5.74) is 1.37. The Kier molecular flexibility index (Phi) is 1.01. The number of fused-ring (bicyclic) bond motifs is 1. The van der Waals surface area contributed by atoms with Gasteiger partial charge in [-0.3, -0.25) is 0 Å². The summed E-state index contributed by atoms with van der Waals surface area (Å²) in [6.07, 6.45) is 1.55. The summed E-state index contributed by atoms with van der Waals surface area (Å²) >= 11 is 0. The van der Waals surface area contributed by atoms with Crippen LogP contribution in [0.5, 0.6) is 0 Å². The largest absolute Gasteiger partial charge is 0.439 e. The van der Waals surface area contributed by atoms with Crippen LogP contribution in [0.25, 0.3) is 11.2 Å². The van der Waals surface area contributed by atoms with E-state index in [0.29, 0.717) is 11.5 Å². The van der Waals surface area contributed by atoms with E-state index >= 15 is 0 Å². The molecule has 10 heavy (non-hydrogen) atoms. The second-order valence-electron chi connectivity index (χ2n) is 1.99. The van der Waals surface area contributed by atoms with Gasteiger partial charge in [-0.2, -0.15) is 0 Å². The van der Waals surface area contributed by atoms with Gasteiger partial charge in [-0.25, -0.2) is 4.98 Å². The predicted molar refractivity (Wildman–Crippen MR) is 34.3 cm³/mol. The van der Waals surface area contributed by atoms with Crippen molar-refractivity contribution in [2.75, 3.05) is 0 Å². The van der Waals surface area contributed by atoms with Crippen molar-refractivity contribution in [1.29, 1.82) is 0 Å². The van der Waals surface area contributed by atoms with E-state index in [0.717, 1.165) is 5.52 Å². The zero-order valence-corrected chi connectivity index (χ0v) is 5.16. The summed E-state index contributed by atoms with van der Waals surface area (Å²) < 4.78 is 5.06. The van der Waals surface area contributed by atoms with Crippen molar-refractivity contribution in [3.8, 4) is 0 Å². The Hall–Kier alpha value is -1.29. The number of furan rings is 1. The lowest BCUT2D eigenvalue weighted by Gasteiger charge is -1.80. The van der Waals surface area contributed by atoms with Crippen LogP contribution >= 0.6 is 0 Å². The van der Waals surface area contributed by atoms with E-state index in [4.69, 9.17) is 9.52 Å². The maximum atomic E-state index is 8.62. The lowest BCUT2D eigenvalue weighted by molar-refractivity contribution is 0.250. The number of hydrogen-bond donors (Lipinski definition) is 2. The monoisotopic (exact) mass is 138 g/mol. The van der Waals surface area contributed by atoms with E-state index in [1.54, 1.807) is 12.4 Å². The minimum absolute atomic E-state index is 0.0792. The number of nitrogens with zero attached hydrogens (tertiary/aromatic N) is 1. The second-order valence-corrected chi connectivity index (χ2v) is 1.99. The van der Waals surface area contributed by atoms with Gasteiger partial charge >= 0.3 is 0 Å². The second kappa shape index (κ2) is 1.85. The van der Waals surface area contributed by atoms with Crippen molar-refractivity contribution in [3.05, 3.63) is 18.2 Å². The molecule has 0 saturated heterocycles. The molecule has 2 aromatic rings. The van der Waals surface area contributed by atoms with E-state index in [9.17, 15) is 0 Å². The predicted octanol–water partition coefficient (Wildman–Crippen LogP) is 0.648. The van der Waals surface area contributed by atoms with Crippen molar-refractivity contribution >= 4 is 11.2 Å². The Labute approximate surface area is 56.5 Å². The van der Waals surface area contributed by atoms with Crippen LogP contribution in [0.4, 0.5) is 0 Å². The van der Waals surface area contributed by atoms with E-state index in [1.165, 1.54) is 0 Å². The van der Waals surface area contributed by atoms with Crippen LogP contribution in [0, 0.1) is 0 Å². The lowest BCUT2D eigenvalue weighted by Crippen LogP contribution is -1.73. The van der Waals surface area contributed by atoms with Crippen molar-refractivity contribution in [1.82, 2.24) is 9.97 Å². The van der Waals surface area contributed by atoms with Gasteiger partial charge in [0.1, 0.15) is 17.9 Å². The summed E-state index contributed by atoms with van der Waals surface area (Å²) in [4.78, 5) is 6.71. The molecule has 0 saturated carbocycles. The Balaban J connectivity index is 2.67. The molecular weight excluding hydrogens is 132 g/mol. The minimum Gasteiger partial charge on any atom is -0.439 e. The molecule has 0 aliphatic heterocycles. The number of nitrogens with one attached hydrogen (secondary N) is 1. The fourth-order valence-corrected chi connectivity index (χ4v) is 0.869. The molecule has 0 amide bonds. The molecule has 0 fully saturated rings. The normalized spacial score (nSPS) is 10.9. The molecule has 4 heteroatoms. The molecule has 0 aliphatic rings. The van der Waals surface area contributed by atoms with Crippen LogP contribution in [-0.4, -0.2) is 15.1 Å². The third-order valence-electron chi connectivity index (χ3n) is 1.32. The molecule has 2 rings (SSSR count). The van der Waals surface area contributed by atoms with Gasteiger partial charge in [0.2, 0.25) is 5.71 Å². The number of aliphatic hydroxyl groups excluding tert-OH is 1. The molecule has 2 heterocycles. The highest BCUT2D eigenvalue weighted by Crippen LogP contribution is 2.13. The van der Waals surface area contributed by atoms with Crippen LogP contribution in [-0.2, 0) is 6.61 Å². The number of hydrogen-bond acceptors (Lipinski definition) is 3. The van der Waals surface area contributed by atoms with E-state index in [-0.39, 0.29) is 6.61 Å². The Morgan fingerprint density at radius 2 is 2.60 bits per heavy atom. The van der Waals surface area contributed by atoms with Crippen LogP contribution in [0.3, 0.4) is 0 Å². The summed E-state index contributed by atoms with van der Waals surface area (Å²) in [5.74, 6) is 0.536. The minimum atomic E-state index is -0.0792. The van der Waals surface area contributed by atoms with Crippen molar-refractivity contribution in [2.24, 2.45) is 0 Å². The van der Waals surface area contributed by atoms with Crippen LogP contribution in [0.2, 0.25) is 0 Å². The van der Waals surface area contributed by atoms with Crippen molar-refractivity contribution in [3.63, 3.8) is 0 Å². The summed E-state index contributed by atoms with van der Waals surface area (Å²) in [5, 5.41) is 8.62. The zero-order valence-electron chi connectivity index (χ0n) is 5.16. The van der Waals surface area contributed by atoms with Gasteiger partial charge in [0.25, 0.3) is 0 Å². The molecule has 2 aromatic heterocycles. The average Bonchev–Trinajstić information content (AvgIpc) is 2.42. The molecule has 4 nitrogen and oxygen atoms in total. The highest BCUT2D eigenvalue weighted by Gasteiger charge is 2.02. The van der Waals surface area contributed by atoms with Crippen LogP contribution in [0.1, 0.15) is 5.76 Å². The molecule has 0 aliphatic carbocycles. The number of H-pyrrole nitrogens is 1. The SMILES string of the molecule is OCc1cc2[nH]cnc2o1. The molecule has 0 radical (unpaired) electrons. The Bertz CT molecular complexity index is 307. The summed E-state index contributed by atoms with van der Waals surface area (Å²) in [6, 6.07) is 1.72. The van der Waals surface area contributed by atoms with E-state index < -0.39 is 0 Å². The van der Waals surface area contributed by atoms with Crippen LogP contribution in [0.15, 0.2) is 16.8 Å². The third kappa shape index (κ3) is 0.625. The number of imidazole rings is 1. The summed E-state index contributed by atoms with van der Waals surface area (Å²) in [6.45, 7) is -0.0792. The van der Waals surface area contributed by atoms with Crippen molar-refractivity contribution in [2.45, 2.75) is 6.61 Å². The Morgan fingerprint density at radius 3 is 3.30 bits per heavy atom. The van der Waals surface area contributed by atoms with Gasteiger partial charge in [-0.15, -0.1) is 0 Å². The van der Waals surface area contributed by atoms with E-state index in [2.05, 4.69) is 9.97 Å². The molecular formula is C6H6N2O2. The average molecular weight is 138 g/mol. The topological polar surface area (TPSA) is 62.0 Å².